The van der Waals surface area contributed by atoms with Gasteiger partial charge in [0.25, 0.3) is 5.89 Å². The van der Waals surface area contributed by atoms with Crippen molar-refractivity contribution in [2.75, 3.05) is 31.1 Å². The molecule has 31 heavy (non-hydrogen) atoms. The molecular weight excluding hydrogens is 394 g/mol. The summed E-state index contributed by atoms with van der Waals surface area (Å²) in [6.07, 6.45) is 1.54. The number of nitrogens with one attached hydrogen (secondary N) is 1. The highest BCUT2D eigenvalue weighted by Crippen LogP contribution is 2.29. The van der Waals surface area contributed by atoms with Gasteiger partial charge in [-0.3, -0.25) is 9.69 Å². The van der Waals surface area contributed by atoms with Crippen LogP contribution in [0.25, 0.3) is 11.7 Å². The summed E-state index contributed by atoms with van der Waals surface area (Å²) in [7, 11) is 0. The van der Waals surface area contributed by atoms with E-state index in [1.807, 2.05) is 43.0 Å². The number of hydrogen-bond acceptors (Lipinski definition) is 7. The van der Waals surface area contributed by atoms with Gasteiger partial charge in [-0.2, -0.15) is 10.2 Å². The molecule has 1 atom stereocenters. The molecule has 0 radical (unpaired) electrons. The van der Waals surface area contributed by atoms with Gasteiger partial charge in [-0.15, -0.1) is 0 Å². The third-order valence-corrected chi connectivity index (χ3v) is 5.56. The van der Waals surface area contributed by atoms with Crippen LogP contribution in [0.3, 0.4) is 0 Å². The average Bonchev–Trinajstić information content (AvgIpc) is 3.48. The van der Waals surface area contributed by atoms with Crippen LogP contribution in [0.5, 0.6) is 0 Å². The molecule has 8 nitrogen and oxygen atoms in total. The van der Waals surface area contributed by atoms with E-state index >= 15 is 0 Å². The Morgan fingerprint density at radius 3 is 2.61 bits per heavy atom. The Morgan fingerprint density at radius 2 is 1.97 bits per heavy atom. The second kappa shape index (κ2) is 9.06. The minimum absolute atomic E-state index is 0.00603. The first kappa shape index (κ1) is 20.7. The van der Waals surface area contributed by atoms with Gasteiger partial charge in [0.1, 0.15) is 6.07 Å². The lowest BCUT2D eigenvalue weighted by Crippen LogP contribution is -2.54. The van der Waals surface area contributed by atoms with Crippen molar-refractivity contribution >= 4 is 11.8 Å². The molecule has 0 saturated carbocycles. The molecule has 1 unspecified atom stereocenters. The number of hydrogen-bond donors (Lipinski definition) is 1. The van der Waals surface area contributed by atoms with Crippen molar-refractivity contribution in [3.8, 4) is 17.7 Å². The largest absolute Gasteiger partial charge is 0.459 e. The predicted octanol–water partition coefficient (Wildman–Crippen LogP) is 2.94. The number of carbonyl (C=O) groups is 1. The Hall–Kier alpha value is -3.57. The zero-order chi connectivity index (χ0) is 21.8. The lowest BCUT2D eigenvalue weighted by Gasteiger charge is -2.37. The van der Waals surface area contributed by atoms with Gasteiger partial charge in [-0.25, -0.2) is 0 Å². The topological polar surface area (TPSA) is 98.5 Å². The first-order valence-corrected chi connectivity index (χ1v) is 10.3. The van der Waals surface area contributed by atoms with Gasteiger partial charge in [-0.05, 0) is 31.5 Å². The summed E-state index contributed by atoms with van der Waals surface area (Å²) in [6.45, 7) is 7.11. The second-order valence-electron chi connectivity index (χ2n) is 7.66. The molecule has 0 spiro atoms. The summed E-state index contributed by atoms with van der Waals surface area (Å²) in [5, 5.41) is 12.5. The number of aromatic nitrogens is 1. The molecule has 1 saturated heterocycles. The molecule has 1 aliphatic rings. The van der Waals surface area contributed by atoms with Crippen LogP contribution in [-0.2, 0) is 11.3 Å². The van der Waals surface area contributed by atoms with Crippen molar-refractivity contribution in [1.82, 2.24) is 15.2 Å². The summed E-state index contributed by atoms with van der Waals surface area (Å²) in [4.78, 5) is 21.0. The highest BCUT2D eigenvalue weighted by atomic mass is 16.4. The van der Waals surface area contributed by atoms with Crippen LogP contribution in [0.2, 0.25) is 0 Å². The molecule has 0 bridgehead atoms. The molecule has 8 heteroatoms. The van der Waals surface area contributed by atoms with E-state index in [4.69, 9.17) is 8.83 Å². The van der Waals surface area contributed by atoms with Gasteiger partial charge >= 0.3 is 0 Å². The number of amides is 1. The number of rotatable bonds is 6. The fraction of sp³-hybridized carbons (Fsp3) is 0.348. The minimum atomic E-state index is -0.239. The standard InChI is InChI=1S/C23H25N5O3/c1-16-5-7-18(8-6-16)15-25-21(29)17(2)27-9-11-28(12-10-27)23-19(14-24)26-22(31-23)20-4-3-13-30-20/h3-8,13,17H,9-12,15H2,1-2H3,(H,25,29). The van der Waals surface area contributed by atoms with Gasteiger partial charge in [0.05, 0.1) is 12.3 Å². The number of nitrogens with zero attached hydrogens (tertiary/aromatic N) is 4. The molecule has 1 aliphatic heterocycles. The van der Waals surface area contributed by atoms with E-state index in [2.05, 4.69) is 21.3 Å². The summed E-state index contributed by atoms with van der Waals surface area (Å²) in [5.74, 6) is 1.24. The first-order chi connectivity index (χ1) is 15.0. The van der Waals surface area contributed by atoms with Crippen molar-refractivity contribution < 1.29 is 13.6 Å². The molecule has 1 N–H and O–H groups in total. The lowest BCUT2D eigenvalue weighted by molar-refractivity contribution is -0.126. The molecule has 2 aromatic heterocycles. The molecule has 0 aliphatic carbocycles. The van der Waals surface area contributed by atoms with Gasteiger partial charge in [0, 0.05) is 32.7 Å². The van der Waals surface area contributed by atoms with E-state index in [0.29, 0.717) is 50.3 Å². The number of carbonyl (C=O) groups excluding carboxylic acids is 1. The van der Waals surface area contributed by atoms with Crippen molar-refractivity contribution in [2.24, 2.45) is 0 Å². The van der Waals surface area contributed by atoms with E-state index in [1.165, 1.54) is 11.8 Å². The van der Waals surface area contributed by atoms with Crippen LogP contribution < -0.4 is 10.2 Å². The highest BCUT2D eigenvalue weighted by Gasteiger charge is 2.29. The molecule has 1 amide bonds. The van der Waals surface area contributed by atoms with Crippen LogP contribution in [-0.4, -0.2) is 48.0 Å². The zero-order valence-corrected chi connectivity index (χ0v) is 17.7. The highest BCUT2D eigenvalue weighted by molar-refractivity contribution is 5.81. The van der Waals surface area contributed by atoms with Crippen molar-refractivity contribution in [1.29, 1.82) is 5.26 Å². The maximum atomic E-state index is 12.6. The summed E-state index contributed by atoms with van der Waals surface area (Å²) in [5.41, 5.74) is 2.52. The van der Waals surface area contributed by atoms with Crippen LogP contribution in [0.1, 0.15) is 23.7 Å². The second-order valence-corrected chi connectivity index (χ2v) is 7.66. The number of nitriles is 1. The number of aryl methyl sites for hydroxylation is 1. The van der Waals surface area contributed by atoms with Crippen molar-refractivity contribution in [3.63, 3.8) is 0 Å². The van der Waals surface area contributed by atoms with Crippen LogP contribution in [0, 0.1) is 18.3 Å². The molecule has 160 valence electrons. The van der Waals surface area contributed by atoms with E-state index in [-0.39, 0.29) is 17.6 Å². The minimum Gasteiger partial charge on any atom is -0.459 e. The Kier molecular flexibility index (Phi) is 6.05. The molecule has 1 fully saturated rings. The molecule has 3 aromatic rings. The van der Waals surface area contributed by atoms with Crippen molar-refractivity contribution in [2.45, 2.75) is 26.4 Å². The van der Waals surface area contributed by atoms with Gasteiger partial charge in [0.15, 0.2) is 5.76 Å². The number of anilines is 1. The predicted molar refractivity (Wildman–Crippen MR) is 115 cm³/mol. The fourth-order valence-corrected chi connectivity index (χ4v) is 3.63. The third-order valence-electron chi connectivity index (χ3n) is 5.56. The summed E-state index contributed by atoms with van der Waals surface area (Å²) < 4.78 is 11.1. The van der Waals surface area contributed by atoms with E-state index in [9.17, 15) is 10.1 Å². The normalized spacial score (nSPS) is 15.5. The molecular formula is C23H25N5O3. The van der Waals surface area contributed by atoms with Crippen LogP contribution in [0.4, 0.5) is 5.88 Å². The van der Waals surface area contributed by atoms with E-state index in [1.54, 1.807) is 12.1 Å². The van der Waals surface area contributed by atoms with Gasteiger partial charge in [0.2, 0.25) is 17.5 Å². The van der Waals surface area contributed by atoms with Crippen LogP contribution >= 0.6 is 0 Å². The summed E-state index contributed by atoms with van der Waals surface area (Å²) in [6, 6.07) is 13.5. The Morgan fingerprint density at radius 1 is 1.23 bits per heavy atom. The maximum absolute atomic E-state index is 12.6. The Labute approximate surface area is 181 Å². The number of benzene rings is 1. The van der Waals surface area contributed by atoms with E-state index < -0.39 is 0 Å². The molecule has 1 aromatic carbocycles. The number of furan rings is 1. The average molecular weight is 419 g/mol. The Balaban J connectivity index is 1.33. The third kappa shape index (κ3) is 4.62. The quantitative estimate of drug-likeness (QED) is 0.656. The number of piperazine rings is 1. The molecule has 3 heterocycles. The Bertz CT molecular complexity index is 1060. The first-order valence-electron chi connectivity index (χ1n) is 10.3. The zero-order valence-electron chi connectivity index (χ0n) is 17.7. The maximum Gasteiger partial charge on any atom is 0.266 e. The number of oxazole rings is 1. The molecule has 4 rings (SSSR count). The van der Waals surface area contributed by atoms with Gasteiger partial charge < -0.3 is 19.1 Å². The van der Waals surface area contributed by atoms with E-state index in [0.717, 1.165) is 5.56 Å². The SMILES string of the molecule is Cc1ccc(CNC(=O)C(C)N2CCN(c3oc(-c4ccco4)nc3C#N)CC2)cc1. The van der Waals surface area contributed by atoms with Crippen LogP contribution in [0.15, 0.2) is 51.5 Å². The fourth-order valence-electron chi connectivity index (χ4n) is 3.63. The lowest BCUT2D eigenvalue weighted by atomic mass is 10.1. The van der Waals surface area contributed by atoms with Crippen molar-refractivity contribution in [3.05, 3.63) is 59.5 Å². The smallest absolute Gasteiger partial charge is 0.266 e. The van der Waals surface area contributed by atoms with Gasteiger partial charge in [-0.1, -0.05) is 29.8 Å². The summed E-state index contributed by atoms with van der Waals surface area (Å²) >= 11 is 0. The monoisotopic (exact) mass is 419 g/mol.